The fourth-order valence-electron chi connectivity index (χ4n) is 2.36. The molecule has 3 rings (SSSR count). The maximum absolute atomic E-state index is 11.3. The zero-order valence-corrected chi connectivity index (χ0v) is 15.5. The lowest BCUT2D eigenvalue weighted by molar-refractivity contribution is -0.116. The van der Waals surface area contributed by atoms with Crippen LogP contribution >= 0.6 is 0 Å². The molecule has 0 radical (unpaired) electrons. The highest BCUT2D eigenvalue weighted by Gasteiger charge is 2.16. The molecular formula is C19H24N6O2. The number of nitrogen functional groups attached to an aromatic ring is 1. The molecular weight excluding hydrogens is 344 g/mol. The molecule has 8 nitrogen and oxygen atoms in total. The summed E-state index contributed by atoms with van der Waals surface area (Å²) in [6.07, 6.45) is 3.84. The van der Waals surface area contributed by atoms with Gasteiger partial charge in [-0.1, -0.05) is 26.8 Å². The molecule has 2 aromatic heterocycles. The molecule has 0 aliphatic rings. The van der Waals surface area contributed by atoms with Gasteiger partial charge in [-0.2, -0.15) is 5.10 Å². The number of nitrogens with one attached hydrogen (secondary N) is 1. The Hall–Kier alpha value is -3.42. The number of anilines is 1. The first-order chi connectivity index (χ1) is 13.0. The van der Waals surface area contributed by atoms with Crippen molar-refractivity contribution in [2.24, 2.45) is 0 Å². The van der Waals surface area contributed by atoms with Crippen LogP contribution in [-0.2, 0) is 11.3 Å². The second-order valence-corrected chi connectivity index (χ2v) is 5.78. The van der Waals surface area contributed by atoms with E-state index in [1.807, 2.05) is 0 Å². The molecule has 4 N–H and O–H groups in total. The van der Waals surface area contributed by atoms with E-state index in [-0.39, 0.29) is 11.7 Å². The highest BCUT2D eigenvalue weighted by molar-refractivity contribution is 5.98. The molecule has 0 unspecified atom stereocenters. The Kier molecular flexibility index (Phi) is 6.87. The van der Waals surface area contributed by atoms with Crippen LogP contribution in [0.2, 0.25) is 0 Å². The minimum absolute atomic E-state index is 0.166. The molecule has 0 fully saturated rings. The number of hydrogen-bond acceptors (Lipinski definition) is 6. The van der Waals surface area contributed by atoms with Gasteiger partial charge in [-0.3, -0.25) is 4.79 Å². The summed E-state index contributed by atoms with van der Waals surface area (Å²) in [7, 11) is 0. The lowest BCUT2D eigenvalue weighted by atomic mass is 10.1. The number of phenols is 1. The first-order valence-corrected chi connectivity index (χ1v) is 8.68. The van der Waals surface area contributed by atoms with Crippen LogP contribution in [0.3, 0.4) is 0 Å². The number of nitrogens with zero attached hydrogens (tertiary/aromatic N) is 4. The molecule has 1 aromatic carbocycles. The van der Waals surface area contributed by atoms with E-state index in [0.29, 0.717) is 35.6 Å². The van der Waals surface area contributed by atoms with Crippen LogP contribution in [-0.4, -0.2) is 37.3 Å². The fourth-order valence-corrected chi connectivity index (χ4v) is 2.36. The van der Waals surface area contributed by atoms with Crippen molar-refractivity contribution in [3.05, 3.63) is 43.2 Å². The number of carbonyl (C=O) groups excluding carboxylic acids is 1. The number of fused-ring (bicyclic) bond motifs is 1. The van der Waals surface area contributed by atoms with E-state index in [2.05, 4.69) is 40.8 Å². The molecule has 0 saturated carbocycles. The van der Waals surface area contributed by atoms with Crippen molar-refractivity contribution >= 4 is 22.8 Å². The molecule has 0 atom stereocenters. The number of aromatic hydroxyl groups is 1. The molecule has 3 aromatic rings. The monoisotopic (exact) mass is 368 g/mol. The van der Waals surface area contributed by atoms with Gasteiger partial charge >= 0.3 is 0 Å². The van der Waals surface area contributed by atoms with Crippen LogP contribution in [0.15, 0.2) is 43.2 Å². The average Bonchev–Trinajstić information content (AvgIpc) is 3.03. The van der Waals surface area contributed by atoms with Gasteiger partial charge in [0.2, 0.25) is 5.91 Å². The Labute approximate surface area is 157 Å². The van der Waals surface area contributed by atoms with Crippen molar-refractivity contribution in [3.8, 4) is 17.0 Å². The van der Waals surface area contributed by atoms with E-state index in [9.17, 15) is 9.90 Å². The number of phenolic OH excluding ortho intramolecular Hbond substituents is 1. The second-order valence-electron chi connectivity index (χ2n) is 5.78. The first-order valence-electron chi connectivity index (χ1n) is 8.68. The summed E-state index contributed by atoms with van der Waals surface area (Å²) in [6, 6.07) is 6.63. The predicted molar refractivity (Wildman–Crippen MR) is 106 cm³/mol. The molecule has 2 heterocycles. The van der Waals surface area contributed by atoms with Crippen LogP contribution in [0.4, 0.5) is 5.82 Å². The summed E-state index contributed by atoms with van der Waals surface area (Å²) in [4.78, 5) is 19.5. The van der Waals surface area contributed by atoms with Crippen LogP contribution in [0.25, 0.3) is 22.3 Å². The van der Waals surface area contributed by atoms with Gasteiger partial charge in [-0.15, -0.1) is 0 Å². The molecule has 1 amide bonds. The molecule has 0 saturated heterocycles. The average molecular weight is 368 g/mol. The quantitative estimate of drug-likeness (QED) is 0.595. The van der Waals surface area contributed by atoms with E-state index in [1.165, 1.54) is 18.8 Å². The van der Waals surface area contributed by atoms with Gasteiger partial charge in [0.15, 0.2) is 5.65 Å². The zero-order chi connectivity index (χ0) is 19.8. The van der Waals surface area contributed by atoms with Crippen molar-refractivity contribution in [1.82, 2.24) is 25.1 Å². The lowest BCUT2D eigenvalue weighted by Gasteiger charge is -2.03. The molecule has 0 bridgehead atoms. The van der Waals surface area contributed by atoms with E-state index >= 15 is 0 Å². The molecule has 0 spiro atoms. The van der Waals surface area contributed by atoms with Gasteiger partial charge in [0.05, 0.1) is 11.9 Å². The number of nitrogens with two attached hydrogens (primary N) is 1. The first kappa shape index (κ1) is 19.9. The highest BCUT2D eigenvalue weighted by atomic mass is 16.3. The SMILES string of the molecule is C=CC(=O)NCCn1nc(-c2ccc(O)cc2)c2c(N)ncnc21.CCC. The summed E-state index contributed by atoms with van der Waals surface area (Å²) in [5.41, 5.74) is 7.99. The Balaban J connectivity index is 0.000000817. The molecule has 142 valence electrons. The summed E-state index contributed by atoms with van der Waals surface area (Å²) in [6.45, 7) is 8.45. The zero-order valence-electron chi connectivity index (χ0n) is 15.5. The van der Waals surface area contributed by atoms with E-state index < -0.39 is 0 Å². The molecule has 0 aliphatic carbocycles. The largest absolute Gasteiger partial charge is 0.508 e. The Bertz CT molecular complexity index is 918. The van der Waals surface area contributed by atoms with Crippen LogP contribution in [0.5, 0.6) is 5.75 Å². The highest BCUT2D eigenvalue weighted by Crippen LogP contribution is 2.30. The Morgan fingerprint density at radius 2 is 1.96 bits per heavy atom. The minimum Gasteiger partial charge on any atom is -0.508 e. The van der Waals surface area contributed by atoms with Gasteiger partial charge in [-0.25, -0.2) is 14.6 Å². The molecule has 8 heteroatoms. The lowest BCUT2D eigenvalue weighted by Crippen LogP contribution is -2.25. The molecule has 27 heavy (non-hydrogen) atoms. The van der Waals surface area contributed by atoms with Crippen LogP contribution in [0, 0.1) is 0 Å². The smallest absolute Gasteiger partial charge is 0.243 e. The van der Waals surface area contributed by atoms with Crippen molar-refractivity contribution in [2.75, 3.05) is 12.3 Å². The van der Waals surface area contributed by atoms with Crippen molar-refractivity contribution in [1.29, 1.82) is 0 Å². The van der Waals surface area contributed by atoms with E-state index in [0.717, 1.165) is 5.56 Å². The van der Waals surface area contributed by atoms with Gasteiger partial charge in [-0.05, 0) is 30.3 Å². The summed E-state index contributed by atoms with van der Waals surface area (Å²) in [5, 5.41) is 17.3. The standard InChI is InChI=1S/C16H16N6O2.C3H8/c1-2-12(24)18-7-8-22-16-13(15(17)19-9-20-16)14(21-22)10-3-5-11(23)6-4-10;1-3-2/h2-6,9,23H,1,7-8H2,(H,18,24)(H2,17,19,20);3H2,1-2H3. The summed E-state index contributed by atoms with van der Waals surface area (Å²) < 4.78 is 1.67. The summed E-state index contributed by atoms with van der Waals surface area (Å²) in [5.74, 6) is 0.239. The van der Waals surface area contributed by atoms with E-state index in [1.54, 1.807) is 28.9 Å². The van der Waals surface area contributed by atoms with Gasteiger partial charge in [0.1, 0.15) is 23.6 Å². The number of amides is 1. The van der Waals surface area contributed by atoms with Crippen LogP contribution < -0.4 is 11.1 Å². The maximum Gasteiger partial charge on any atom is 0.243 e. The third-order valence-electron chi connectivity index (χ3n) is 3.51. The maximum atomic E-state index is 11.3. The second kappa shape index (κ2) is 9.33. The van der Waals surface area contributed by atoms with Gasteiger partial charge in [0, 0.05) is 12.1 Å². The van der Waals surface area contributed by atoms with Crippen LogP contribution in [0.1, 0.15) is 20.3 Å². The predicted octanol–water partition coefficient (Wildman–Crippen LogP) is 2.50. The third kappa shape index (κ3) is 4.81. The van der Waals surface area contributed by atoms with Crippen molar-refractivity contribution < 1.29 is 9.90 Å². The normalized spacial score (nSPS) is 10.1. The van der Waals surface area contributed by atoms with Gasteiger partial charge < -0.3 is 16.2 Å². The molecule has 0 aliphatic heterocycles. The van der Waals surface area contributed by atoms with Crippen molar-refractivity contribution in [3.63, 3.8) is 0 Å². The van der Waals surface area contributed by atoms with Crippen molar-refractivity contribution in [2.45, 2.75) is 26.8 Å². The number of carbonyl (C=O) groups is 1. The Morgan fingerprint density at radius 1 is 1.30 bits per heavy atom. The fraction of sp³-hybridized carbons (Fsp3) is 0.263. The third-order valence-corrected chi connectivity index (χ3v) is 3.51. The topological polar surface area (TPSA) is 119 Å². The summed E-state index contributed by atoms with van der Waals surface area (Å²) >= 11 is 0. The van der Waals surface area contributed by atoms with E-state index in [4.69, 9.17) is 5.73 Å². The van der Waals surface area contributed by atoms with Gasteiger partial charge in [0.25, 0.3) is 0 Å². The minimum atomic E-state index is -0.251. The number of hydrogen-bond donors (Lipinski definition) is 3. The number of benzene rings is 1. The number of rotatable bonds is 5. The Morgan fingerprint density at radius 3 is 2.59 bits per heavy atom. The number of aromatic nitrogens is 4.